The molecule has 2 rings (SSSR count). The van der Waals surface area contributed by atoms with Crippen LogP contribution < -0.4 is 14.2 Å². The molecule has 6 nitrogen and oxygen atoms in total. The number of rotatable bonds is 5. The Morgan fingerprint density at radius 2 is 1.45 bits per heavy atom. The zero-order chi connectivity index (χ0) is 14.5. The maximum Gasteiger partial charge on any atom is 0.311 e. The molecule has 0 saturated carbocycles. The van der Waals surface area contributed by atoms with Gasteiger partial charge in [-0.25, -0.2) is 0 Å². The summed E-state index contributed by atoms with van der Waals surface area (Å²) in [6.45, 7) is 0. The Balaban J connectivity index is 2.32. The van der Waals surface area contributed by atoms with Crippen molar-refractivity contribution in [2.45, 2.75) is 0 Å². The van der Waals surface area contributed by atoms with Gasteiger partial charge in [0.25, 0.3) is 0 Å². The summed E-state index contributed by atoms with van der Waals surface area (Å²) in [4.78, 5) is 10.5. The molecule has 0 bridgehead atoms. The molecule has 0 atom stereocenters. The Morgan fingerprint density at radius 1 is 0.900 bits per heavy atom. The fourth-order valence-electron chi connectivity index (χ4n) is 1.62. The molecule has 0 fully saturated rings. The minimum atomic E-state index is -0.502. The highest BCUT2D eigenvalue weighted by Crippen LogP contribution is 2.34. The second kappa shape index (κ2) is 5.92. The third kappa shape index (κ3) is 2.97. The lowest BCUT2D eigenvalue weighted by atomic mass is 10.2. The summed E-state index contributed by atoms with van der Waals surface area (Å²) >= 11 is 0. The molecule has 2 aromatic rings. The molecule has 0 spiro atoms. The first kappa shape index (κ1) is 13.7. The van der Waals surface area contributed by atoms with Gasteiger partial charge in [0.05, 0.1) is 19.1 Å². The van der Waals surface area contributed by atoms with Crippen molar-refractivity contribution in [1.29, 1.82) is 0 Å². The maximum atomic E-state index is 11.0. The zero-order valence-electron chi connectivity index (χ0n) is 11.0. The second-order valence-electron chi connectivity index (χ2n) is 3.87. The van der Waals surface area contributed by atoms with Crippen LogP contribution in [0.4, 0.5) is 5.69 Å². The van der Waals surface area contributed by atoms with E-state index in [0.29, 0.717) is 17.2 Å². The van der Waals surface area contributed by atoms with E-state index in [4.69, 9.17) is 14.2 Å². The summed E-state index contributed by atoms with van der Waals surface area (Å²) in [5.74, 6) is 1.76. The van der Waals surface area contributed by atoms with Crippen LogP contribution in [0.25, 0.3) is 0 Å². The Morgan fingerprint density at radius 3 is 2.00 bits per heavy atom. The number of nitro benzene ring substituents is 1. The lowest BCUT2D eigenvalue weighted by Crippen LogP contribution is -1.94. The van der Waals surface area contributed by atoms with E-state index in [1.807, 2.05) is 0 Å². The molecular formula is C14H13NO5. The van der Waals surface area contributed by atoms with E-state index in [0.717, 1.165) is 0 Å². The topological polar surface area (TPSA) is 70.8 Å². The molecule has 0 aliphatic carbocycles. The minimum absolute atomic E-state index is 0.124. The van der Waals surface area contributed by atoms with Gasteiger partial charge in [0.15, 0.2) is 0 Å². The van der Waals surface area contributed by atoms with Gasteiger partial charge in [-0.2, -0.15) is 0 Å². The van der Waals surface area contributed by atoms with Gasteiger partial charge in [-0.15, -0.1) is 0 Å². The highest BCUT2D eigenvalue weighted by atomic mass is 16.6. The summed E-state index contributed by atoms with van der Waals surface area (Å²) in [5.41, 5.74) is -0.124. The van der Waals surface area contributed by atoms with Crippen molar-refractivity contribution in [3.8, 4) is 23.0 Å². The Bertz CT molecular complexity index is 609. The van der Waals surface area contributed by atoms with E-state index in [-0.39, 0.29) is 11.4 Å². The number of ether oxygens (including phenoxy) is 3. The van der Waals surface area contributed by atoms with Crippen LogP contribution >= 0.6 is 0 Å². The van der Waals surface area contributed by atoms with Crippen LogP contribution in [0.1, 0.15) is 0 Å². The van der Waals surface area contributed by atoms with E-state index in [1.165, 1.54) is 25.3 Å². The molecule has 0 aromatic heterocycles. The smallest absolute Gasteiger partial charge is 0.311 e. The molecule has 0 heterocycles. The predicted octanol–water partition coefficient (Wildman–Crippen LogP) is 3.40. The number of hydrogen-bond donors (Lipinski definition) is 0. The molecule has 6 heteroatoms. The van der Waals surface area contributed by atoms with Crippen molar-refractivity contribution in [3.05, 3.63) is 52.6 Å². The molecule has 20 heavy (non-hydrogen) atoms. The van der Waals surface area contributed by atoms with Crippen molar-refractivity contribution in [2.24, 2.45) is 0 Å². The summed E-state index contributed by atoms with van der Waals surface area (Å²) in [6.07, 6.45) is 0. The Hall–Kier alpha value is -2.76. The quantitative estimate of drug-likeness (QED) is 0.617. The van der Waals surface area contributed by atoms with Crippen molar-refractivity contribution < 1.29 is 19.1 Å². The first-order valence-corrected chi connectivity index (χ1v) is 5.78. The number of nitro groups is 1. The van der Waals surface area contributed by atoms with Gasteiger partial charge in [-0.1, -0.05) is 0 Å². The highest BCUT2D eigenvalue weighted by Gasteiger charge is 2.16. The molecule has 0 amide bonds. The summed E-state index contributed by atoms with van der Waals surface area (Å²) in [7, 11) is 3.04. The van der Waals surface area contributed by atoms with Gasteiger partial charge >= 0.3 is 5.69 Å². The SMILES string of the molecule is COc1ccc(Oc2cc(OC)ccc2[N+](=O)[O-])cc1. The van der Waals surface area contributed by atoms with Crippen LogP contribution in [0.5, 0.6) is 23.0 Å². The summed E-state index contributed by atoms with van der Waals surface area (Å²) in [5, 5.41) is 11.0. The van der Waals surface area contributed by atoms with Crippen molar-refractivity contribution >= 4 is 5.69 Å². The predicted molar refractivity (Wildman–Crippen MR) is 72.7 cm³/mol. The van der Waals surface area contributed by atoms with Crippen LogP contribution in [0.3, 0.4) is 0 Å². The van der Waals surface area contributed by atoms with E-state index < -0.39 is 4.92 Å². The minimum Gasteiger partial charge on any atom is -0.497 e. The third-order valence-corrected chi connectivity index (χ3v) is 2.65. The molecular weight excluding hydrogens is 262 g/mol. The van der Waals surface area contributed by atoms with Gasteiger partial charge in [-0.05, 0) is 30.3 Å². The standard InChI is InChI=1S/C14H13NO5/c1-18-10-3-5-11(6-4-10)20-14-9-12(19-2)7-8-13(14)15(16)17/h3-9H,1-2H3. The van der Waals surface area contributed by atoms with E-state index in [9.17, 15) is 10.1 Å². The van der Waals surface area contributed by atoms with Gasteiger partial charge in [0, 0.05) is 12.1 Å². The Kier molecular flexibility index (Phi) is 4.05. The van der Waals surface area contributed by atoms with Gasteiger partial charge in [0.1, 0.15) is 17.2 Å². The number of methoxy groups -OCH3 is 2. The van der Waals surface area contributed by atoms with Crippen LogP contribution in [0, 0.1) is 10.1 Å². The number of hydrogen-bond acceptors (Lipinski definition) is 5. The third-order valence-electron chi connectivity index (χ3n) is 2.65. The van der Waals surface area contributed by atoms with Crippen LogP contribution in [-0.4, -0.2) is 19.1 Å². The fraction of sp³-hybridized carbons (Fsp3) is 0.143. The monoisotopic (exact) mass is 275 g/mol. The molecule has 0 aliphatic rings. The zero-order valence-corrected chi connectivity index (χ0v) is 11.0. The average Bonchev–Trinajstić information content (AvgIpc) is 2.47. The van der Waals surface area contributed by atoms with E-state index in [1.54, 1.807) is 31.4 Å². The van der Waals surface area contributed by atoms with Crippen molar-refractivity contribution in [1.82, 2.24) is 0 Å². The number of benzene rings is 2. The Labute approximate surface area is 115 Å². The van der Waals surface area contributed by atoms with E-state index in [2.05, 4.69) is 0 Å². The molecule has 104 valence electrons. The summed E-state index contributed by atoms with van der Waals surface area (Å²) < 4.78 is 15.6. The highest BCUT2D eigenvalue weighted by molar-refractivity contribution is 5.52. The molecule has 0 N–H and O–H groups in total. The largest absolute Gasteiger partial charge is 0.497 e. The maximum absolute atomic E-state index is 11.0. The number of nitrogens with zero attached hydrogens (tertiary/aromatic N) is 1. The lowest BCUT2D eigenvalue weighted by molar-refractivity contribution is -0.385. The second-order valence-corrected chi connectivity index (χ2v) is 3.87. The van der Waals surface area contributed by atoms with E-state index >= 15 is 0 Å². The first-order valence-electron chi connectivity index (χ1n) is 5.78. The molecule has 0 unspecified atom stereocenters. The molecule has 2 aromatic carbocycles. The van der Waals surface area contributed by atoms with Crippen molar-refractivity contribution in [3.63, 3.8) is 0 Å². The average molecular weight is 275 g/mol. The normalized spacial score (nSPS) is 9.90. The first-order chi connectivity index (χ1) is 9.63. The lowest BCUT2D eigenvalue weighted by Gasteiger charge is -2.08. The van der Waals surface area contributed by atoms with Crippen molar-refractivity contribution in [2.75, 3.05) is 14.2 Å². The molecule has 0 radical (unpaired) electrons. The molecule has 0 saturated heterocycles. The van der Waals surface area contributed by atoms with Crippen LogP contribution in [0.15, 0.2) is 42.5 Å². The van der Waals surface area contributed by atoms with Crippen LogP contribution in [0.2, 0.25) is 0 Å². The molecule has 0 aliphatic heterocycles. The fourth-order valence-corrected chi connectivity index (χ4v) is 1.62. The van der Waals surface area contributed by atoms with Gasteiger partial charge < -0.3 is 14.2 Å². The van der Waals surface area contributed by atoms with Gasteiger partial charge in [-0.3, -0.25) is 10.1 Å². The summed E-state index contributed by atoms with van der Waals surface area (Å²) in [6, 6.07) is 11.1. The van der Waals surface area contributed by atoms with Crippen LogP contribution in [-0.2, 0) is 0 Å². The van der Waals surface area contributed by atoms with Gasteiger partial charge in [0.2, 0.25) is 5.75 Å².